The molecule has 0 unspecified atom stereocenters. The molecule has 0 aliphatic heterocycles. The Bertz CT molecular complexity index is 791. The fourth-order valence-corrected chi connectivity index (χ4v) is 2.96. The van der Waals surface area contributed by atoms with Crippen LogP contribution in [0.25, 0.3) is 16.7 Å². The van der Waals surface area contributed by atoms with E-state index in [4.69, 9.17) is 23.2 Å². The van der Waals surface area contributed by atoms with Crippen molar-refractivity contribution in [3.8, 4) is 5.69 Å². The van der Waals surface area contributed by atoms with E-state index in [1.165, 1.54) is 5.56 Å². The Morgan fingerprint density at radius 1 is 1.14 bits per heavy atom. The average Bonchev–Trinajstić information content (AvgIpc) is 2.87. The number of aromatic nitrogens is 2. The van der Waals surface area contributed by atoms with Gasteiger partial charge in [-0.2, -0.15) is 0 Å². The van der Waals surface area contributed by atoms with Gasteiger partial charge in [-0.15, -0.1) is 11.6 Å². The van der Waals surface area contributed by atoms with Crippen LogP contribution in [0.4, 0.5) is 0 Å². The number of imidazole rings is 1. The predicted octanol–water partition coefficient (Wildman–Crippen LogP) is 5.54. The second-order valence-electron chi connectivity index (χ2n) is 5.35. The van der Waals surface area contributed by atoms with Crippen molar-refractivity contribution < 1.29 is 0 Å². The highest BCUT2D eigenvalue weighted by atomic mass is 35.5. The van der Waals surface area contributed by atoms with Crippen molar-refractivity contribution in [2.45, 2.75) is 25.6 Å². The van der Waals surface area contributed by atoms with E-state index in [1.807, 2.05) is 18.2 Å². The lowest BCUT2D eigenvalue weighted by molar-refractivity contribution is 0.861. The molecular weight excluding hydrogens is 303 g/mol. The largest absolute Gasteiger partial charge is 0.294 e. The molecule has 3 aromatic rings. The monoisotopic (exact) mass is 318 g/mol. The zero-order valence-corrected chi connectivity index (χ0v) is 13.5. The zero-order chi connectivity index (χ0) is 15.0. The third-order valence-electron chi connectivity index (χ3n) is 3.61. The maximum absolute atomic E-state index is 6.38. The minimum atomic E-state index is 0.344. The Kier molecular flexibility index (Phi) is 3.92. The third kappa shape index (κ3) is 2.54. The molecule has 108 valence electrons. The molecule has 21 heavy (non-hydrogen) atoms. The molecule has 0 amide bonds. The van der Waals surface area contributed by atoms with Gasteiger partial charge in [-0.3, -0.25) is 4.57 Å². The SMILES string of the molecule is CC(C)c1cccc(-n2c(CCl)nc3cccc(Cl)c32)c1. The Hall–Kier alpha value is -1.51. The van der Waals surface area contributed by atoms with Crippen molar-refractivity contribution >= 4 is 34.2 Å². The number of fused-ring (bicyclic) bond motifs is 1. The molecule has 0 saturated heterocycles. The standard InChI is InChI=1S/C17H16Cl2N2/c1-11(2)12-5-3-6-13(9-12)21-16(10-18)20-15-8-4-7-14(19)17(15)21/h3-9,11H,10H2,1-2H3. The van der Waals surface area contributed by atoms with Gasteiger partial charge in [0, 0.05) is 5.69 Å². The Balaban J connectivity index is 2.31. The van der Waals surface area contributed by atoms with Crippen LogP contribution in [0.1, 0.15) is 31.2 Å². The first-order valence-corrected chi connectivity index (χ1v) is 7.85. The van der Waals surface area contributed by atoms with E-state index in [2.05, 4.69) is 47.7 Å². The van der Waals surface area contributed by atoms with E-state index in [1.54, 1.807) is 0 Å². The highest BCUT2D eigenvalue weighted by molar-refractivity contribution is 6.35. The Morgan fingerprint density at radius 2 is 1.90 bits per heavy atom. The topological polar surface area (TPSA) is 17.8 Å². The second-order valence-corrected chi connectivity index (χ2v) is 6.03. The summed E-state index contributed by atoms with van der Waals surface area (Å²) in [4.78, 5) is 4.59. The Labute approximate surface area is 134 Å². The van der Waals surface area contributed by atoms with Crippen molar-refractivity contribution in [3.05, 3.63) is 58.9 Å². The Morgan fingerprint density at radius 3 is 2.62 bits per heavy atom. The molecule has 0 radical (unpaired) electrons. The number of nitrogens with zero attached hydrogens (tertiary/aromatic N) is 2. The highest BCUT2D eigenvalue weighted by Crippen LogP contribution is 2.29. The molecule has 1 heterocycles. The van der Waals surface area contributed by atoms with E-state index < -0.39 is 0 Å². The molecule has 0 bridgehead atoms. The van der Waals surface area contributed by atoms with E-state index in [-0.39, 0.29) is 0 Å². The minimum absolute atomic E-state index is 0.344. The summed E-state index contributed by atoms with van der Waals surface area (Å²) in [5.41, 5.74) is 4.11. The van der Waals surface area contributed by atoms with Gasteiger partial charge in [0.05, 0.1) is 21.9 Å². The van der Waals surface area contributed by atoms with Gasteiger partial charge in [-0.05, 0) is 35.7 Å². The molecule has 0 N–H and O–H groups in total. The predicted molar refractivity (Wildman–Crippen MR) is 89.7 cm³/mol. The van der Waals surface area contributed by atoms with Crippen molar-refractivity contribution in [1.82, 2.24) is 9.55 Å². The van der Waals surface area contributed by atoms with Crippen molar-refractivity contribution in [2.75, 3.05) is 0 Å². The van der Waals surface area contributed by atoms with Gasteiger partial charge in [-0.25, -0.2) is 4.98 Å². The number of benzene rings is 2. The van der Waals surface area contributed by atoms with Gasteiger partial charge in [-0.1, -0.05) is 43.6 Å². The summed E-state index contributed by atoms with van der Waals surface area (Å²) in [6, 6.07) is 14.2. The summed E-state index contributed by atoms with van der Waals surface area (Å²) < 4.78 is 2.05. The molecule has 2 nitrogen and oxygen atoms in total. The van der Waals surface area contributed by atoms with Gasteiger partial charge < -0.3 is 0 Å². The summed E-state index contributed by atoms with van der Waals surface area (Å²) in [5, 5.41) is 0.686. The minimum Gasteiger partial charge on any atom is -0.294 e. The average molecular weight is 319 g/mol. The fourth-order valence-electron chi connectivity index (χ4n) is 2.52. The molecule has 0 aliphatic rings. The van der Waals surface area contributed by atoms with Crippen LogP contribution in [0.5, 0.6) is 0 Å². The quantitative estimate of drug-likeness (QED) is 0.579. The summed E-state index contributed by atoms with van der Waals surface area (Å²) in [7, 11) is 0. The van der Waals surface area contributed by atoms with Gasteiger partial charge in [0.15, 0.2) is 0 Å². The summed E-state index contributed by atoms with van der Waals surface area (Å²) >= 11 is 12.5. The molecule has 4 heteroatoms. The van der Waals surface area contributed by atoms with Crippen LogP contribution in [0, 0.1) is 0 Å². The van der Waals surface area contributed by atoms with E-state index in [9.17, 15) is 0 Å². The number of hydrogen-bond acceptors (Lipinski definition) is 1. The zero-order valence-electron chi connectivity index (χ0n) is 12.0. The maximum atomic E-state index is 6.38. The van der Waals surface area contributed by atoms with Gasteiger partial charge in [0.1, 0.15) is 5.82 Å². The van der Waals surface area contributed by atoms with E-state index in [0.29, 0.717) is 16.8 Å². The number of hydrogen-bond donors (Lipinski definition) is 0. The lowest BCUT2D eigenvalue weighted by Crippen LogP contribution is -2.01. The van der Waals surface area contributed by atoms with Gasteiger partial charge >= 0.3 is 0 Å². The maximum Gasteiger partial charge on any atom is 0.129 e. The number of rotatable bonds is 3. The van der Waals surface area contributed by atoms with E-state index in [0.717, 1.165) is 22.5 Å². The molecule has 0 saturated carbocycles. The van der Waals surface area contributed by atoms with E-state index >= 15 is 0 Å². The van der Waals surface area contributed by atoms with Crippen LogP contribution >= 0.6 is 23.2 Å². The van der Waals surface area contributed by atoms with Crippen molar-refractivity contribution in [1.29, 1.82) is 0 Å². The van der Waals surface area contributed by atoms with Crippen molar-refractivity contribution in [3.63, 3.8) is 0 Å². The number of alkyl halides is 1. The van der Waals surface area contributed by atoms with Crippen LogP contribution in [0.15, 0.2) is 42.5 Å². The number of halogens is 2. The summed E-state index contributed by atoms with van der Waals surface area (Å²) in [6.07, 6.45) is 0. The summed E-state index contributed by atoms with van der Waals surface area (Å²) in [6.45, 7) is 4.36. The highest BCUT2D eigenvalue weighted by Gasteiger charge is 2.14. The first-order chi connectivity index (χ1) is 10.1. The number of para-hydroxylation sites is 1. The molecule has 0 atom stereocenters. The molecule has 0 aliphatic carbocycles. The molecule has 0 spiro atoms. The molecule has 0 fully saturated rings. The van der Waals surface area contributed by atoms with Crippen LogP contribution in [0.2, 0.25) is 5.02 Å². The molecule has 3 rings (SSSR count). The van der Waals surface area contributed by atoms with Crippen molar-refractivity contribution in [2.24, 2.45) is 0 Å². The first kappa shape index (κ1) is 14.4. The van der Waals surface area contributed by atoms with Crippen LogP contribution in [-0.4, -0.2) is 9.55 Å². The molecule has 2 aromatic carbocycles. The third-order valence-corrected chi connectivity index (χ3v) is 4.16. The molecule has 1 aromatic heterocycles. The first-order valence-electron chi connectivity index (χ1n) is 6.94. The lowest BCUT2D eigenvalue weighted by atomic mass is 10.0. The van der Waals surface area contributed by atoms with Crippen LogP contribution < -0.4 is 0 Å². The fraction of sp³-hybridized carbons (Fsp3) is 0.235. The van der Waals surface area contributed by atoms with Crippen LogP contribution in [-0.2, 0) is 5.88 Å². The second kappa shape index (κ2) is 5.70. The summed E-state index contributed by atoms with van der Waals surface area (Å²) in [5.74, 6) is 1.62. The van der Waals surface area contributed by atoms with Crippen LogP contribution in [0.3, 0.4) is 0 Å². The molecular formula is C17H16Cl2N2. The normalized spacial score (nSPS) is 11.5. The van der Waals surface area contributed by atoms with Gasteiger partial charge in [0.25, 0.3) is 0 Å². The smallest absolute Gasteiger partial charge is 0.129 e. The lowest BCUT2D eigenvalue weighted by Gasteiger charge is -2.12. The van der Waals surface area contributed by atoms with Gasteiger partial charge in [0.2, 0.25) is 0 Å².